The molecule has 4 aromatic rings. The van der Waals surface area contributed by atoms with Gasteiger partial charge in [-0.3, -0.25) is 24.0 Å². The van der Waals surface area contributed by atoms with Crippen LogP contribution in [0.3, 0.4) is 0 Å². The monoisotopic (exact) mass is 606 g/mol. The minimum Gasteiger partial charge on any atom is -0.356 e. The zero-order valence-corrected chi connectivity index (χ0v) is 25.3. The molecular weight excluding hydrogens is 568 g/mol. The molecule has 232 valence electrons. The average Bonchev–Trinajstić information content (AvgIpc) is 3.40. The zero-order chi connectivity index (χ0) is 31.8. The van der Waals surface area contributed by atoms with Crippen LogP contribution in [0.1, 0.15) is 47.3 Å². The van der Waals surface area contributed by atoms with E-state index in [2.05, 4.69) is 16.0 Å². The maximum Gasteiger partial charge on any atom is 0.289 e. The Morgan fingerprint density at radius 1 is 0.911 bits per heavy atom. The maximum atomic E-state index is 14.0. The van der Waals surface area contributed by atoms with Gasteiger partial charge in [-0.05, 0) is 48.9 Å². The highest BCUT2D eigenvalue weighted by Crippen LogP contribution is 2.23. The van der Waals surface area contributed by atoms with E-state index in [0.717, 1.165) is 28.5 Å². The number of ketones is 2. The third kappa shape index (κ3) is 7.92. The highest BCUT2D eigenvalue weighted by Gasteiger charge is 2.35. The van der Waals surface area contributed by atoms with Gasteiger partial charge in [-0.1, -0.05) is 78.9 Å². The number of fused-ring (bicyclic) bond motifs is 1. The van der Waals surface area contributed by atoms with E-state index in [1.54, 1.807) is 0 Å². The zero-order valence-electron chi connectivity index (χ0n) is 25.3. The van der Waals surface area contributed by atoms with E-state index < -0.39 is 35.5 Å². The summed E-state index contributed by atoms with van der Waals surface area (Å²) in [6.45, 7) is 0.694. The highest BCUT2D eigenvalue weighted by molar-refractivity contribution is 6.38. The van der Waals surface area contributed by atoms with Gasteiger partial charge < -0.3 is 20.5 Å². The number of para-hydroxylation sites is 1. The number of carbonyl (C=O) groups excluding carboxylic acids is 5. The lowest BCUT2D eigenvalue weighted by Gasteiger charge is -2.27. The Bertz CT molecular complexity index is 1680. The van der Waals surface area contributed by atoms with Gasteiger partial charge in [-0.2, -0.15) is 0 Å². The highest BCUT2D eigenvalue weighted by atomic mass is 16.2. The maximum absolute atomic E-state index is 14.0. The van der Waals surface area contributed by atoms with Crippen LogP contribution in [0, 0.1) is 11.8 Å². The predicted molar refractivity (Wildman–Crippen MR) is 171 cm³/mol. The Kier molecular flexibility index (Phi) is 10.2. The first kappa shape index (κ1) is 31.4. The van der Waals surface area contributed by atoms with Crippen LogP contribution in [-0.2, 0) is 39.2 Å². The van der Waals surface area contributed by atoms with Crippen LogP contribution in [-0.4, -0.2) is 46.4 Å². The largest absolute Gasteiger partial charge is 0.356 e. The summed E-state index contributed by atoms with van der Waals surface area (Å²) in [4.78, 5) is 66.8. The number of Topliss-reactive ketones (excluding diaryl/α,β-unsaturated/α-hetero) is 2. The molecule has 3 amide bonds. The van der Waals surface area contributed by atoms with Crippen LogP contribution >= 0.6 is 0 Å². The van der Waals surface area contributed by atoms with E-state index in [4.69, 9.17) is 0 Å². The summed E-state index contributed by atoms with van der Waals surface area (Å²) in [5.74, 6) is -3.94. The molecule has 0 aliphatic carbocycles. The number of hydrogen-bond donors (Lipinski definition) is 3. The lowest BCUT2D eigenvalue weighted by atomic mass is 9.88. The van der Waals surface area contributed by atoms with Gasteiger partial charge in [-0.15, -0.1) is 0 Å². The fraction of sp³-hybridized carbons (Fsp3) is 0.306. The fourth-order valence-electron chi connectivity index (χ4n) is 5.93. The van der Waals surface area contributed by atoms with E-state index in [-0.39, 0.29) is 37.5 Å². The molecule has 1 aliphatic rings. The summed E-state index contributed by atoms with van der Waals surface area (Å²) in [6.07, 6.45) is 1.43. The second-order valence-corrected chi connectivity index (χ2v) is 11.6. The topological polar surface area (TPSA) is 126 Å². The number of rotatable bonds is 13. The lowest BCUT2D eigenvalue weighted by molar-refractivity contribution is -0.141. The fourth-order valence-corrected chi connectivity index (χ4v) is 5.93. The number of aryl methyl sites for hydroxylation is 1. The normalized spacial score (nSPS) is 15.9. The summed E-state index contributed by atoms with van der Waals surface area (Å²) in [6, 6.07) is 26.8. The first-order valence-electron chi connectivity index (χ1n) is 15.4. The molecule has 0 unspecified atom stereocenters. The first-order chi connectivity index (χ1) is 21.8. The third-order valence-corrected chi connectivity index (χ3v) is 8.44. The summed E-state index contributed by atoms with van der Waals surface area (Å²) >= 11 is 0. The SMILES string of the molecule is Cn1c(C(=O)C[C@@H](Cc2ccccc2)C(=O)N[C@@H](C[C@@H]2CCCNC2=O)C(=O)C(=O)NCc2ccccc2)cc2ccccc21. The molecule has 1 saturated heterocycles. The van der Waals surface area contributed by atoms with Crippen LogP contribution < -0.4 is 16.0 Å². The molecule has 45 heavy (non-hydrogen) atoms. The van der Waals surface area contributed by atoms with Crippen molar-refractivity contribution in [3.05, 3.63) is 108 Å². The second-order valence-electron chi connectivity index (χ2n) is 11.6. The average molecular weight is 607 g/mol. The Labute approximate surface area is 262 Å². The van der Waals surface area contributed by atoms with Gasteiger partial charge in [-0.25, -0.2) is 0 Å². The van der Waals surface area contributed by atoms with Crippen molar-refractivity contribution in [2.75, 3.05) is 6.54 Å². The van der Waals surface area contributed by atoms with Crippen molar-refractivity contribution in [3.8, 4) is 0 Å². The van der Waals surface area contributed by atoms with Gasteiger partial charge in [0.05, 0.1) is 11.7 Å². The number of aromatic nitrogens is 1. The molecule has 0 spiro atoms. The molecule has 1 aromatic heterocycles. The number of hydrogen-bond acceptors (Lipinski definition) is 5. The van der Waals surface area contributed by atoms with Crippen LogP contribution in [0.25, 0.3) is 10.9 Å². The van der Waals surface area contributed by atoms with E-state index in [9.17, 15) is 24.0 Å². The quantitative estimate of drug-likeness (QED) is 0.157. The number of nitrogens with one attached hydrogen (secondary N) is 3. The molecular formula is C36H38N4O5. The van der Waals surface area contributed by atoms with Gasteiger partial charge in [0.1, 0.15) is 0 Å². The van der Waals surface area contributed by atoms with Crippen LogP contribution in [0.2, 0.25) is 0 Å². The Morgan fingerprint density at radius 3 is 2.27 bits per heavy atom. The Morgan fingerprint density at radius 2 is 1.58 bits per heavy atom. The van der Waals surface area contributed by atoms with Crippen molar-refractivity contribution < 1.29 is 24.0 Å². The smallest absolute Gasteiger partial charge is 0.289 e. The molecule has 0 radical (unpaired) electrons. The third-order valence-electron chi connectivity index (χ3n) is 8.44. The van der Waals surface area contributed by atoms with Gasteiger partial charge in [0.25, 0.3) is 5.91 Å². The predicted octanol–water partition coefficient (Wildman–Crippen LogP) is 3.90. The van der Waals surface area contributed by atoms with Crippen molar-refractivity contribution in [3.63, 3.8) is 0 Å². The van der Waals surface area contributed by atoms with Crippen LogP contribution in [0.5, 0.6) is 0 Å². The molecule has 9 nitrogen and oxygen atoms in total. The minimum absolute atomic E-state index is 0.00956. The molecule has 3 aromatic carbocycles. The number of benzene rings is 3. The summed E-state index contributed by atoms with van der Waals surface area (Å²) < 4.78 is 1.82. The molecule has 1 fully saturated rings. The second kappa shape index (κ2) is 14.6. The van der Waals surface area contributed by atoms with Crippen molar-refractivity contribution in [1.82, 2.24) is 20.5 Å². The van der Waals surface area contributed by atoms with E-state index in [1.807, 2.05) is 103 Å². The Hall–Kier alpha value is -5.05. The van der Waals surface area contributed by atoms with Crippen LogP contribution in [0.15, 0.2) is 91.0 Å². The van der Waals surface area contributed by atoms with E-state index in [1.165, 1.54) is 0 Å². The molecule has 3 atom stereocenters. The van der Waals surface area contributed by atoms with E-state index >= 15 is 0 Å². The molecule has 5 rings (SSSR count). The van der Waals surface area contributed by atoms with Crippen molar-refractivity contribution in [2.45, 2.75) is 44.7 Å². The number of piperidine rings is 1. The van der Waals surface area contributed by atoms with Crippen molar-refractivity contribution >= 4 is 40.2 Å². The lowest BCUT2D eigenvalue weighted by Crippen LogP contribution is -2.51. The summed E-state index contributed by atoms with van der Waals surface area (Å²) in [5, 5.41) is 9.17. The number of amides is 3. The molecule has 3 N–H and O–H groups in total. The standard InChI is InChI=1S/C36H38N4O5/c1-40-30-17-9-8-15-26(30)21-31(40)32(41)22-28(19-24-11-4-2-5-12-24)35(44)39-29(20-27-16-10-18-37-34(27)43)33(42)36(45)38-23-25-13-6-3-7-14-25/h2-9,11-15,17,21,27-29H,10,16,18-20,22-23H2,1H3,(H,37,43)(H,38,45)(H,39,44)/t27-,28+,29-/m0/s1. The van der Waals surface area contributed by atoms with Crippen molar-refractivity contribution in [2.24, 2.45) is 18.9 Å². The molecule has 0 saturated carbocycles. The van der Waals surface area contributed by atoms with Gasteiger partial charge in [0, 0.05) is 49.3 Å². The summed E-state index contributed by atoms with van der Waals surface area (Å²) in [5.41, 5.74) is 3.06. The van der Waals surface area contributed by atoms with Crippen LogP contribution in [0.4, 0.5) is 0 Å². The molecule has 2 heterocycles. The van der Waals surface area contributed by atoms with Gasteiger partial charge >= 0.3 is 0 Å². The van der Waals surface area contributed by atoms with Gasteiger partial charge in [0.15, 0.2) is 5.78 Å². The van der Waals surface area contributed by atoms with Crippen molar-refractivity contribution in [1.29, 1.82) is 0 Å². The first-order valence-corrected chi connectivity index (χ1v) is 15.4. The number of nitrogens with zero attached hydrogens (tertiary/aromatic N) is 1. The molecule has 1 aliphatic heterocycles. The van der Waals surface area contributed by atoms with Gasteiger partial charge in [0.2, 0.25) is 17.6 Å². The molecule has 0 bridgehead atoms. The molecule has 9 heteroatoms. The number of carbonyl (C=O) groups is 5. The van der Waals surface area contributed by atoms with E-state index in [0.29, 0.717) is 18.7 Å². The minimum atomic E-state index is -1.23. The summed E-state index contributed by atoms with van der Waals surface area (Å²) in [7, 11) is 1.82. The Balaban J connectivity index is 1.37.